The Hall–Kier alpha value is -1.70. The first kappa shape index (κ1) is 18.3. The van der Waals surface area contributed by atoms with E-state index in [0.29, 0.717) is 16.7 Å². The zero-order valence-corrected chi connectivity index (χ0v) is 13.5. The molecule has 1 aromatic heterocycles. The van der Waals surface area contributed by atoms with Gasteiger partial charge in [-0.05, 0) is 18.9 Å². The zero-order chi connectivity index (χ0) is 16.9. The molecule has 3 N–H and O–H groups in total. The molecule has 22 heavy (non-hydrogen) atoms. The number of pyridine rings is 1. The Morgan fingerprint density at radius 2 is 2.14 bits per heavy atom. The minimum Gasteiger partial charge on any atom is -0.385 e. The van der Waals surface area contributed by atoms with Crippen LogP contribution >= 0.6 is 11.8 Å². The summed E-state index contributed by atoms with van der Waals surface area (Å²) in [6.45, 7) is 8.80. The van der Waals surface area contributed by atoms with E-state index in [1.54, 1.807) is 0 Å². The molecule has 8 heteroatoms. The molecular formula is C14H19F3N4S. The van der Waals surface area contributed by atoms with Crippen LogP contribution < -0.4 is 11.2 Å². The van der Waals surface area contributed by atoms with Crippen LogP contribution in [0.4, 0.5) is 13.2 Å². The van der Waals surface area contributed by atoms with Crippen LogP contribution in [0.1, 0.15) is 31.9 Å². The fourth-order valence-corrected chi connectivity index (χ4v) is 2.34. The number of thioether (sulfide) groups is 1. The molecule has 0 fully saturated rings. The zero-order valence-electron chi connectivity index (χ0n) is 12.7. The van der Waals surface area contributed by atoms with Gasteiger partial charge in [-0.25, -0.2) is 4.98 Å². The van der Waals surface area contributed by atoms with E-state index in [1.807, 2.05) is 13.8 Å². The third-order valence-corrected chi connectivity index (χ3v) is 3.86. The topological polar surface area (TPSA) is 63.3 Å². The van der Waals surface area contributed by atoms with Gasteiger partial charge in [0.25, 0.3) is 0 Å². The highest BCUT2D eigenvalue weighted by atomic mass is 32.2. The molecule has 1 heterocycles. The van der Waals surface area contributed by atoms with Crippen molar-refractivity contribution in [2.75, 3.05) is 5.75 Å². The average molecular weight is 332 g/mol. The number of hydrazone groups is 1. The molecule has 0 aliphatic heterocycles. The minimum absolute atomic E-state index is 0.0463. The lowest BCUT2D eigenvalue weighted by atomic mass is 10.1. The van der Waals surface area contributed by atoms with Crippen molar-refractivity contribution in [2.45, 2.75) is 32.0 Å². The molecule has 0 saturated carbocycles. The molecular weight excluding hydrogens is 313 g/mol. The number of nitrogens with two attached hydrogens (primary N) is 1. The van der Waals surface area contributed by atoms with Gasteiger partial charge >= 0.3 is 6.18 Å². The molecule has 0 bridgehead atoms. The van der Waals surface area contributed by atoms with E-state index in [0.717, 1.165) is 6.07 Å². The van der Waals surface area contributed by atoms with E-state index in [2.05, 4.69) is 22.1 Å². The van der Waals surface area contributed by atoms with Crippen LogP contribution in [-0.2, 0) is 6.18 Å². The summed E-state index contributed by atoms with van der Waals surface area (Å²) in [5.41, 5.74) is 6.91. The predicted octanol–water partition coefficient (Wildman–Crippen LogP) is 3.59. The summed E-state index contributed by atoms with van der Waals surface area (Å²) in [5.74, 6) is 1.11. The summed E-state index contributed by atoms with van der Waals surface area (Å²) in [4.78, 5) is 4.07. The number of alkyl halides is 3. The third-order valence-electron chi connectivity index (χ3n) is 2.51. The predicted molar refractivity (Wildman–Crippen MR) is 83.5 cm³/mol. The van der Waals surface area contributed by atoms with Crippen molar-refractivity contribution in [3.63, 3.8) is 0 Å². The summed E-state index contributed by atoms with van der Waals surface area (Å²) in [7, 11) is 0. The maximum atomic E-state index is 13.2. The SMILES string of the molecule is C=C(N)N/N=C(\C)c1cnc(SCC(C)C)cc1C(F)(F)F. The van der Waals surface area contributed by atoms with Crippen molar-refractivity contribution in [1.29, 1.82) is 0 Å². The lowest BCUT2D eigenvalue weighted by Gasteiger charge is -2.14. The molecule has 0 amide bonds. The number of hydrogen-bond donors (Lipinski definition) is 2. The van der Waals surface area contributed by atoms with Gasteiger partial charge in [0.05, 0.1) is 16.3 Å². The lowest BCUT2D eigenvalue weighted by Crippen LogP contribution is -2.18. The second-order valence-electron chi connectivity index (χ2n) is 5.10. The summed E-state index contributed by atoms with van der Waals surface area (Å²) in [6.07, 6.45) is -3.30. The Morgan fingerprint density at radius 1 is 1.50 bits per heavy atom. The van der Waals surface area contributed by atoms with Crippen molar-refractivity contribution in [3.05, 3.63) is 35.8 Å². The molecule has 0 aliphatic rings. The van der Waals surface area contributed by atoms with Crippen LogP contribution in [0.25, 0.3) is 0 Å². The normalized spacial score (nSPS) is 12.6. The number of rotatable bonds is 6. The molecule has 1 rings (SSSR count). The second-order valence-corrected chi connectivity index (χ2v) is 6.15. The Bertz CT molecular complexity index is 568. The van der Waals surface area contributed by atoms with Gasteiger partial charge in [-0.1, -0.05) is 20.4 Å². The summed E-state index contributed by atoms with van der Waals surface area (Å²) < 4.78 is 39.7. The molecule has 0 aromatic carbocycles. The van der Waals surface area contributed by atoms with Gasteiger partial charge in [0.1, 0.15) is 5.82 Å². The first-order chi connectivity index (χ1) is 10.1. The Kier molecular flexibility index (Phi) is 6.28. The first-order valence-corrected chi connectivity index (χ1v) is 7.55. The van der Waals surface area contributed by atoms with E-state index in [-0.39, 0.29) is 17.1 Å². The molecule has 122 valence electrons. The fourth-order valence-electron chi connectivity index (χ4n) is 1.51. The van der Waals surface area contributed by atoms with Crippen LogP contribution in [0.2, 0.25) is 0 Å². The van der Waals surface area contributed by atoms with Gasteiger partial charge in [-0.2, -0.15) is 18.3 Å². The van der Waals surface area contributed by atoms with Crippen LogP contribution in [0.3, 0.4) is 0 Å². The Balaban J connectivity index is 3.17. The largest absolute Gasteiger partial charge is 0.417 e. The van der Waals surface area contributed by atoms with Crippen LogP contribution in [0.5, 0.6) is 0 Å². The van der Waals surface area contributed by atoms with Crippen LogP contribution in [0.15, 0.2) is 34.8 Å². The number of halogens is 3. The van der Waals surface area contributed by atoms with Crippen molar-refractivity contribution in [2.24, 2.45) is 16.8 Å². The van der Waals surface area contributed by atoms with Gasteiger partial charge in [0.15, 0.2) is 0 Å². The van der Waals surface area contributed by atoms with E-state index in [1.165, 1.54) is 24.9 Å². The van der Waals surface area contributed by atoms with Gasteiger partial charge in [-0.15, -0.1) is 11.8 Å². The molecule has 0 atom stereocenters. The summed E-state index contributed by atoms with van der Waals surface area (Å²) >= 11 is 1.30. The smallest absolute Gasteiger partial charge is 0.385 e. The summed E-state index contributed by atoms with van der Waals surface area (Å²) in [6, 6.07) is 1.05. The minimum atomic E-state index is -4.48. The summed E-state index contributed by atoms with van der Waals surface area (Å²) in [5, 5.41) is 4.11. The lowest BCUT2D eigenvalue weighted by molar-refractivity contribution is -0.137. The second kappa shape index (κ2) is 7.53. The molecule has 0 spiro atoms. The first-order valence-electron chi connectivity index (χ1n) is 6.56. The maximum Gasteiger partial charge on any atom is 0.417 e. The Morgan fingerprint density at radius 3 is 2.64 bits per heavy atom. The number of aromatic nitrogens is 1. The van der Waals surface area contributed by atoms with Gasteiger partial charge < -0.3 is 5.73 Å². The molecule has 4 nitrogen and oxygen atoms in total. The van der Waals surface area contributed by atoms with Crippen LogP contribution in [-0.4, -0.2) is 16.4 Å². The van der Waals surface area contributed by atoms with Crippen molar-refractivity contribution < 1.29 is 13.2 Å². The maximum absolute atomic E-state index is 13.2. The monoisotopic (exact) mass is 332 g/mol. The highest BCUT2D eigenvalue weighted by molar-refractivity contribution is 7.99. The van der Waals surface area contributed by atoms with E-state index < -0.39 is 11.7 Å². The number of nitrogens with one attached hydrogen (secondary N) is 1. The highest BCUT2D eigenvalue weighted by Gasteiger charge is 2.34. The van der Waals surface area contributed by atoms with Gasteiger partial charge in [-0.3, -0.25) is 5.43 Å². The third kappa shape index (κ3) is 5.59. The van der Waals surface area contributed by atoms with E-state index in [9.17, 15) is 13.2 Å². The number of nitrogens with zero attached hydrogens (tertiary/aromatic N) is 2. The van der Waals surface area contributed by atoms with Crippen LogP contribution in [0, 0.1) is 5.92 Å². The highest BCUT2D eigenvalue weighted by Crippen LogP contribution is 2.34. The van der Waals surface area contributed by atoms with Gasteiger partial charge in [0.2, 0.25) is 0 Å². The molecule has 1 aromatic rings. The standard InChI is InChI=1S/C14H19F3N4S/c1-8(2)7-22-13-5-12(14(15,16)17)11(6-19-13)9(3)20-21-10(4)18/h5-6,8,21H,4,7,18H2,1-3H3/b20-9+. The van der Waals surface area contributed by atoms with Crippen molar-refractivity contribution in [3.8, 4) is 0 Å². The molecule has 0 aliphatic carbocycles. The van der Waals surface area contributed by atoms with Gasteiger partial charge in [0, 0.05) is 17.5 Å². The molecule has 0 radical (unpaired) electrons. The average Bonchev–Trinajstić information content (AvgIpc) is 2.41. The van der Waals surface area contributed by atoms with Crippen molar-refractivity contribution >= 4 is 17.5 Å². The van der Waals surface area contributed by atoms with Crippen molar-refractivity contribution in [1.82, 2.24) is 10.4 Å². The number of hydrogen-bond acceptors (Lipinski definition) is 5. The fraction of sp³-hybridized carbons (Fsp3) is 0.429. The van der Waals surface area contributed by atoms with E-state index in [4.69, 9.17) is 5.73 Å². The molecule has 0 unspecified atom stereocenters. The quantitative estimate of drug-likeness (QED) is 0.475. The Labute approximate surface area is 132 Å². The molecule has 0 saturated heterocycles. The van der Waals surface area contributed by atoms with E-state index >= 15 is 0 Å².